The van der Waals surface area contributed by atoms with Crippen LogP contribution in [0.2, 0.25) is 5.02 Å². The highest BCUT2D eigenvalue weighted by Gasteiger charge is 2.13. The molecule has 1 N–H and O–H groups in total. The molecule has 1 heterocycles. The molecule has 5 aromatic rings. The van der Waals surface area contributed by atoms with Crippen LogP contribution in [0.4, 0.5) is 11.4 Å². The third-order valence-electron chi connectivity index (χ3n) is 4.75. The summed E-state index contributed by atoms with van der Waals surface area (Å²) in [7, 11) is 0. The standard InChI is InChI=1S/C24H16ClNS/c25-20-13-4-5-14-21(20)26-22-15-7-12-19-18-11-6-10-17(23(18)27-24(19)22)16-8-2-1-3-9-16/h1-15,26H. The molecule has 27 heavy (non-hydrogen) atoms. The van der Waals surface area contributed by atoms with Gasteiger partial charge in [-0.15, -0.1) is 11.3 Å². The fourth-order valence-corrected chi connectivity index (χ4v) is 4.96. The molecule has 0 aliphatic rings. The number of hydrogen-bond donors (Lipinski definition) is 1. The van der Waals surface area contributed by atoms with E-state index in [1.165, 1.54) is 31.3 Å². The van der Waals surface area contributed by atoms with Crippen molar-refractivity contribution in [3.63, 3.8) is 0 Å². The van der Waals surface area contributed by atoms with E-state index in [2.05, 4.69) is 72.0 Å². The van der Waals surface area contributed by atoms with E-state index >= 15 is 0 Å². The summed E-state index contributed by atoms with van der Waals surface area (Å²) >= 11 is 8.18. The predicted octanol–water partition coefficient (Wildman–Crippen LogP) is 8.12. The summed E-state index contributed by atoms with van der Waals surface area (Å²) in [6, 6.07) is 31.4. The minimum Gasteiger partial charge on any atom is -0.353 e. The van der Waals surface area contributed by atoms with Crippen LogP contribution in [0.25, 0.3) is 31.3 Å². The van der Waals surface area contributed by atoms with Gasteiger partial charge in [0.15, 0.2) is 0 Å². The summed E-state index contributed by atoms with van der Waals surface area (Å²) < 4.78 is 2.56. The Morgan fingerprint density at radius 2 is 1.26 bits per heavy atom. The van der Waals surface area contributed by atoms with Crippen LogP contribution in [0.5, 0.6) is 0 Å². The first-order valence-electron chi connectivity index (χ1n) is 8.82. The molecule has 3 heteroatoms. The van der Waals surface area contributed by atoms with E-state index in [0.717, 1.165) is 16.4 Å². The number of fused-ring (bicyclic) bond motifs is 3. The Labute approximate surface area is 166 Å². The molecule has 0 saturated heterocycles. The van der Waals surface area contributed by atoms with E-state index in [9.17, 15) is 0 Å². The third kappa shape index (κ3) is 2.87. The molecule has 5 rings (SSSR count). The lowest BCUT2D eigenvalue weighted by Gasteiger charge is -2.09. The molecule has 1 nitrogen and oxygen atoms in total. The van der Waals surface area contributed by atoms with Crippen molar-refractivity contribution in [1.82, 2.24) is 0 Å². The molecule has 1 aromatic heterocycles. The minimum absolute atomic E-state index is 0.723. The maximum Gasteiger partial charge on any atom is 0.0640 e. The van der Waals surface area contributed by atoms with Gasteiger partial charge in [-0.1, -0.05) is 84.4 Å². The van der Waals surface area contributed by atoms with Gasteiger partial charge in [-0.25, -0.2) is 0 Å². The molecule has 0 saturated carbocycles. The first-order valence-corrected chi connectivity index (χ1v) is 10.0. The van der Waals surface area contributed by atoms with Crippen molar-refractivity contribution in [3.8, 4) is 11.1 Å². The normalized spacial score (nSPS) is 11.1. The first kappa shape index (κ1) is 16.4. The second kappa shape index (κ2) is 6.73. The number of rotatable bonds is 3. The summed E-state index contributed by atoms with van der Waals surface area (Å²) in [5.41, 5.74) is 4.53. The summed E-state index contributed by atoms with van der Waals surface area (Å²) in [6.07, 6.45) is 0. The van der Waals surface area contributed by atoms with Crippen LogP contribution >= 0.6 is 22.9 Å². The number of hydrogen-bond acceptors (Lipinski definition) is 2. The van der Waals surface area contributed by atoms with Gasteiger partial charge >= 0.3 is 0 Å². The molecule has 0 atom stereocenters. The second-order valence-electron chi connectivity index (χ2n) is 6.44. The Morgan fingerprint density at radius 3 is 2.07 bits per heavy atom. The van der Waals surface area contributed by atoms with Crippen molar-refractivity contribution < 1.29 is 0 Å². The molecule has 0 bridgehead atoms. The van der Waals surface area contributed by atoms with Crippen LogP contribution in [0.3, 0.4) is 0 Å². The third-order valence-corrected chi connectivity index (χ3v) is 6.37. The topological polar surface area (TPSA) is 12.0 Å². The number of thiophene rings is 1. The minimum atomic E-state index is 0.723. The fraction of sp³-hybridized carbons (Fsp3) is 0. The van der Waals surface area contributed by atoms with Crippen molar-refractivity contribution in [2.45, 2.75) is 0 Å². The zero-order valence-corrected chi connectivity index (χ0v) is 16.0. The average molecular weight is 386 g/mol. The second-order valence-corrected chi connectivity index (χ2v) is 7.87. The molecule has 0 aliphatic carbocycles. The Morgan fingerprint density at radius 1 is 0.593 bits per heavy atom. The fourth-order valence-electron chi connectivity index (χ4n) is 3.47. The number of benzene rings is 4. The molecule has 130 valence electrons. The van der Waals surface area contributed by atoms with Gasteiger partial charge in [-0.2, -0.15) is 0 Å². The lowest BCUT2D eigenvalue weighted by molar-refractivity contribution is 1.59. The zero-order chi connectivity index (χ0) is 18.2. The molecule has 0 aliphatic heterocycles. The van der Waals surface area contributed by atoms with Crippen molar-refractivity contribution in [1.29, 1.82) is 0 Å². The number of para-hydroxylation sites is 1. The van der Waals surface area contributed by atoms with Gasteiger partial charge in [-0.3, -0.25) is 0 Å². The molecular weight excluding hydrogens is 370 g/mol. The molecule has 0 amide bonds. The summed E-state index contributed by atoms with van der Waals surface area (Å²) in [6.45, 7) is 0. The first-order chi connectivity index (χ1) is 13.3. The Bertz CT molecular complexity index is 1260. The maximum atomic E-state index is 6.35. The number of nitrogens with one attached hydrogen (secondary N) is 1. The zero-order valence-electron chi connectivity index (χ0n) is 14.4. The van der Waals surface area contributed by atoms with Crippen molar-refractivity contribution in [2.75, 3.05) is 5.32 Å². The van der Waals surface area contributed by atoms with Crippen LogP contribution in [0.1, 0.15) is 0 Å². The SMILES string of the molecule is Clc1ccccc1Nc1cccc2c1sc1c(-c3ccccc3)cccc12. The molecule has 0 fully saturated rings. The largest absolute Gasteiger partial charge is 0.353 e. The van der Waals surface area contributed by atoms with E-state index in [4.69, 9.17) is 11.6 Å². The van der Waals surface area contributed by atoms with Crippen molar-refractivity contribution in [2.24, 2.45) is 0 Å². The smallest absolute Gasteiger partial charge is 0.0640 e. The van der Waals surface area contributed by atoms with Crippen LogP contribution < -0.4 is 5.32 Å². The lowest BCUT2D eigenvalue weighted by Crippen LogP contribution is -1.90. The predicted molar refractivity (Wildman–Crippen MR) is 120 cm³/mol. The molecule has 0 spiro atoms. The van der Waals surface area contributed by atoms with E-state index in [1.54, 1.807) is 0 Å². The van der Waals surface area contributed by atoms with Gasteiger partial charge < -0.3 is 5.32 Å². The van der Waals surface area contributed by atoms with Crippen molar-refractivity contribution >= 4 is 54.5 Å². The van der Waals surface area contributed by atoms with Gasteiger partial charge in [0.25, 0.3) is 0 Å². The van der Waals surface area contributed by atoms with Crippen molar-refractivity contribution in [3.05, 3.63) is 96.0 Å². The van der Waals surface area contributed by atoms with Gasteiger partial charge in [0, 0.05) is 15.5 Å². The van der Waals surface area contributed by atoms with Gasteiger partial charge in [0.2, 0.25) is 0 Å². The summed E-state index contributed by atoms with van der Waals surface area (Å²) in [5, 5.41) is 6.80. The van der Waals surface area contributed by atoms with E-state index in [1.807, 2.05) is 35.6 Å². The monoisotopic (exact) mass is 385 g/mol. The Balaban J connectivity index is 1.73. The van der Waals surface area contributed by atoms with Gasteiger partial charge in [0.05, 0.1) is 21.1 Å². The highest BCUT2D eigenvalue weighted by Crippen LogP contribution is 2.43. The van der Waals surface area contributed by atoms with Crippen LogP contribution in [0, 0.1) is 0 Å². The average Bonchev–Trinajstić information content (AvgIpc) is 3.10. The highest BCUT2D eigenvalue weighted by molar-refractivity contribution is 7.27. The number of halogens is 1. The quantitative estimate of drug-likeness (QED) is 0.330. The van der Waals surface area contributed by atoms with Crippen LogP contribution in [-0.2, 0) is 0 Å². The van der Waals surface area contributed by atoms with Crippen LogP contribution in [0.15, 0.2) is 91.0 Å². The number of anilines is 2. The molecule has 0 radical (unpaired) electrons. The molecular formula is C24H16ClNS. The molecule has 4 aromatic carbocycles. The van der Waals surface area contributed by atoms with E-state index in [0.29, 0.717) is 0 Å². The Hall–Kier alpha value is -2.81. The van der Waals surface area contributed by atoms with E-state index < -0.39 is 0 Å². The lowest BCUT2D eigenvalue weighted by atomic mass is 10.0. The van der Waals surface area contributed by atoms with E-state index in [-0.39, 0.29) is 0 Å². The van der Waals surface area contributed by atoms with Crippen LogP contribution in [-0.4, -0.2) is 0 Å². The van der Waals surface area contributed by atoms with Gasteiger partial charge in [-0.05, 0) is 29.3 Å². The highest BCUT2D eigenvalue weighted by atomic mass is 35.5. The molecule has 0 unspecified atom stereocenters. The summed E-state index contributed by atoms with van der Waals surface area (Å²) in [4.78, 5) is 0. The maximum absolute atomic E-state index is 6.35. The Kier molecular flexibility index (Phi) is 4.08. The van der Waals surface area contributed by atoms with Gasteiger partial charge in [0.1, 0.15) is 0 Å². The summed E-state index contributed by atoms with van der Waals surface area (Å²) in [5.74, 6) is 0.